The molecule has 0 aliphatic rings. The van der Waals surface area contributed by atoms with E-state index < -0.39 is 11.9 Å². The van der Waals surface area contributed by atoms with E-state index in [4.69, 9.17) is 0 Å². The first-order chi connectivity index (χ1) is 9.54. The molecule has 6 nitrogen and oxygen atoms in total. The molecule has 1 amide bonds. The summed E-state index contributed by atoms with van der Waals surface area (Å²) >= 11 is 1.19. The van der Waals surface area contributed by atoms with Gasteiger partial charge in [0.05, 0.1) is 24.6 Å². The van der Waals surface area contributed by atoms with Gasteiger partial charge >= 0.3 is 5.97 Å². The van der Waals surface area contributed by atoms with Gasteiger partial charge in [0, 0.05) is 6.20 Å². The molecule has 0 spiro atoms. The van der Waals surface area contributed by atoms with Crippen molar-refractivity contribution in [3.63, 3.8) is 0 Å². The minimum Gasteiger partial charge on any atom is -0.505 e. The molecule has 2 heterocycles. The molecule has 0 radical (unpaired) electrons. The van der Waals surface area contributed by atoms with E-state index in [0.717, 1.165) is 5.56 Å². The Balaban J connectivity index is 2.31. The molecule has 0 unspecified atom stereocenters. The number of hydrogen-bond donors (Lipinski definition) is 2. The standard InChI is InChI=1S/C13H12N2O4S/c1-7-6-20-11(13(18)19-2)10(7)15-12(17)8-3-4-14-5-9(8)16/h3-6,16H,1-2H3,(H,15,17). The maximum absolute atomic E-state index is 12.1. The van der Waals surface area contributed by atoms with Crippen LogP contribution in [0.3, 0.4) is 0 Å². The zero-order valence-electron chi connectivity index (χ0n) is 10.8. The van der Waals surface area contributed by atoms with Gasteiger partial charge in [-0.05, 0) is 23.9 Å². The number of carbonyl (C=O) groups excluding carboxylic acids is 2. The lowest BCUT2D eigenvalue weighted by Crippen LogP contribution is -2.15. The van der Waals surface area contributed by atoms with Crippen molar-refractivity contribution >= 4 is 28.9 Å². The molecule has 0 bridgehead atoms. The molecule has 2 rings (SSSR count). The second kappa shape index (κ2) is 5.70. The van der Waals surface area contributed by atoms with E-state index in [1.54, 1.807) is 12.3 Å². The average molecular weight is 292 g/mol. The number of pyridine rings is 1. The third-order valence-corrected chi connectivity index (χ3v) is 3.71. The summed E-state index contributed by atoms with van der Waals surface area (Å²) in [5, 5.41) is 13.9. The third kappa shape index (κ3) is 2.62. The fourth-order valence-electron chi connectivity index (χ4n) is 1.60. The largest absolute Gasteiger partial charge is 0.505 e. The smallest absolute Gasteiger partial charge is 0.350 e. The minimum atomic E-state index is -0.517. The molecule has 104 valence electrons. The first-order valence-electron chi connectivity index (χ1n) is 5.65. The molecule has 0 aromatic carbocycles. The number of nitrogens with one attached hydrogen (secondary N) is 1. The maximum atomic E-state index is 12.1. The van der Waals surface area contributed by atoms with Gasteiger partial charge in [0.1, 0.15) is 10.6 Å². The lowest BCUT2D eigenvalue weighted by atomic mass is 10.2. The van der Waals surface area contributed by atoms with Gasteiger partial charge in [-0.25, -0.2) is 4.79 Å². The van der Waals surface area contributed by atoms with E-state index in [9.17, 15) is 14.7 Å². The number of esters is 1. The second-order valence-corrected chi connectivity index (χ2v) is 4.84. The maximum Gasteiger partial charge on any atom is 0.350 e. The minimum absolute atomic E-state index is 0.0846. The van der Waals surface area contributed by atoms with Gasteiger partial charge in [-0.2, -0.15) is 0 Å². The van der Waals surface area contributed by atoms with E-state index in [2.05, 4.69) is 15.0 Å². The lowest BCUT2D eigenvalue weighted by molar-refractivity contribution is 0.0607. The highest BCUT2D eigenvalue weighted by Gasteiger charge is 2.20. The van der Waals surface area contributed by atoms with Crippen LogP contribution >= 0.6 is 11.3 Å². The molecule has 0 saturated heterocycles. The Kier molecular flexibility index (Phi) is 3.99. The molecular weight excluding hydrogens is 280 g/mol. The van der Waals surface area contributed by atoms with Crippen LogP contribution in [0.25, 0.3) is 0 Å². The van der Waals surface area contributed by atoms with E-state index in [0.29, 0.717) is 10.6 Å². The van der Waals surface area contributed by atoms with Crippen LogP contribution in [-0.2, 0) is 4.74 Å². The highest BCUT2D eigenvalue weighted by atomic mass is 32.1. The van der Waals surface area contributed by atoms with Crippen molar-refractivity contribution in [2.24, 2.45) is 0 Å². The Morgan fingerprint density at radius 2 is 2.20 bits per heavy atom. The van der Waals surface area contributed by atoms with E-state index in [1.165, 1.54) is 36.9 Å². The molecule has 0 atom stereocenters. The van der Waals surface area contributed by atoms with E-state index >= 15 is 0 Å². The Morgan fingerprint density at radius 3 is 2.85 bits per heavy atom. The molecule has 0 aliphatic heterocycles. The molecule has 2 aromatic rings. The van der Waals surface area contributed by atoms with Crippen molar-refractivity contribution in [2.45, 2.75) is 6.92 Å². The molecule has 2 aromatic heterocycles. The fraction of sp³-hybridized carbons (Fsp3) is 0.154. The van der Waals surface area contributed by atoms with Crippen molar-refractivity contribution in [2.75, 3.05) is 12.4 Å². The average Bonchev–Trinajstić information content (AvgIpc) is 2.80. The molecule has 0 saturated carbocycles. The third-order valence-electron chi connectivity index (χ3n) is 2.63. The molecule has 7 heteroatoms. The van der Waals surface area contributed by atoms with Crippen LogP contribution in [0.1, 0.15) is 25.6 Å². The number of carbonyl (C=O) groups is 2. The first kappa shape index (κ1) is 14.0. The Morgan fingerprint density at radius 1 is 1.45 bits per heavy atom. The van der Waals surface area contributed by atoms with E-state index in [1.807, 2.05) is 0 Å². The van der Waals surface area contributed by atoms with Gasteiger partial charge in [0.15, 0.2) is 0 Å². The topological polar surface area (TPSA) is 88.5 Å². The predicted molar refractivity (Wildman–Crippen MR) is 74.3 cm³/mol. The number of ether oxygens (including phenoxy) is 1. The van der Waals surface area contributed by atoms with Crippen LogP contribution in [0, 0.1) is 6.92 Å². The summed E-state index contributed by atoms with van der Waals surface area (Å²) < 4.78 is 4.66. The Bertz CT molecular complexity index is 666. The number of aryl methyl sites for hydroxylation is 1. The molecule has 2 N–H and O–H groups in total. The lowest BCUT2D eigenvalue weighted by Gasteiger charge is -2.08. The normalized spacial score (nSPS) is 10.1. The number of aromatic nitrogens is 1. The molecule has 0 aliphatic carbocycles. The Labute approximate surface area is 119 Å². The van der Waals surface area contributed by atoms with Crippen LogP contribution in [0.4, 0.5) is 5.69 Å². The molecule has 20 heavy (non-hydrogen) atoms. The van der Waals surface area contributed by atoms with Crippen molar-refractivity contribution in [3.05, 3.63) is 39.8 Å². The number of amides is 1. The van der Waals surface area contributed by atoms with Crippen molar-refractivity contribution in [1.82, 2.24) is 4.98 Å². The van der Waals surface area contributed by atoms with Crippen LogP contribution in [-0.4, -0.2) is 29.1 Å². The highest BCUT2D eigenvalue weighted by Crippen LogP contribution is 2.29. The van der Waals surface area contributed by atoms with Crippen molar-refractivity contribution in [1.29, 1.82) is 0 Å². The number of anilines is 1. The summed E-state index contributed by atoms with van der Waals surface area (Å²) in [6.07, 6.45) is 2.58. The SMILES string of the molecule is COC(=O)c1scc(C)c1NC(=O)c1ccncc1O. The van der Waals surface area contributed by atoms with Gasteiger partial charge in [-0.15, -0.1) is 11.3 Å². The summed E-state index contributed by atoms with van der Waals surface area (Å²) in [4.78, 5) is 27.7. The van der Waals surface area contributed by atoms with E-state index in [-0.39, 0.29) is 11.3 Å². The summed E-state index contributed by atoms with van der Waals surface area (Å²) in [5.74, 6) is -1.26. The highest BCUT2D eigenvalue weighted by molar-refractivity contribution is 7.12. The van der Waals surface area contributed by atoms with Crippen LogP contribution in [0.5, 0.6) is 5.75 Å². The van der Waals surface area contributed by atoms with Crippen LogP contribution in [0.15, 0.2) is 23.8 Å². The number of methoxy groups -OCH3 is 1. The van der Waals surface area contributed by atoms with Crippen LogP contribution < -0.4 is 5.32 Å². The van der Waals surface area contributed by atoms with Gasteiger partial charge in [0.2, 0.25) is 0 Å². The molecule has 0 fully saturated rings. The predicted octanol–water partition coefficient (Wildman–Crippen LogP) is 2.20. The summed E-state index contributed by atoms with van der Waals surface area (Å²) in [6, 6.07) is 1.39. The van der Waals surface area contributed by atoms with Gasteiger partial charge in [0.25, 0.3) is 5.91 Å². The van der Waals surface area contributed by atoms with Crippen molar-refractivity contribution in [3.8, 4) is 5.75 Å². The van der Waals surface area contributed by atoms with Gasteiger partial charge < -0.3 is 15.2 Å². The van der Waals surface area contributed by atoms with Gasteiger partial charge in [-0.3, -0.25) is 9.78 Å². The Hall–Kier alpha value is -2.41. The fourth-order valence-corrected chi connectivity index (χ4v) is 2.52. The first-order valence-corrected chi connectivity index (χ1v) is 6.53. The quantitative estimate of drug-likeness (QED) is 0.847. The van der Waals surface area contributed by atoms with Crippen molar-refractivity contribution < 1.29 is 19.4 Å². The van der Waals surface area contributed by atoms with Gasteiger partial charge in [-0.1, -0.05) is 0 Å². The summed E-state index contributed by atoms with van der Waals surface area (Å²) in [5.41, 5.74) is 1.22. The number of nitrogens with zero attached hydrogens (tertiary/aromatic N) is 1. The second-order valence-electron chi connectivity index (χ2n) is 3.96. The summed E-state index contributed by atoms with van der Waals surface area (Å²) in [7, 11) is 1.28. The number of hydrogen-bond acceptors (Lipinski definition) is 6. The number of rotatable bonds is 3. The number of thiophene rings is 1. The zero-order chi connectivity index (χ0) is 14.7. The van der Waals surface area contributed by atoms with Crippen LogP contribution in [0.2, 0.25) is 0 Å². The molecular formula is C13H12N2O4S. The zero-order valence-corrected chi connectivity index (χ0v) is 11.7. The number of aromatic hydroxyl groups is 1. The monoisotopic (exact) mass is 292 g/mol. The summed E-state index contributed by atoms with van der Waals surface area (Å²) in [6.45, 7) is 1.77.